The summed E-state index contributed by atoms with van der Waals surface area (Å²) < 4.78 is 34.6. The van der Waals surface area contributed by atoms with Gasteiger partial charge in [-0.3, -0.25) is 9.52 Å². The smallest absolute Gasteiger partial charge is 0.261 e. The number of aryl methyl sites for hydroxylation is 2. The Kier molecular flexibility index (Phi) is 4.67. The zero-order chi connectivity index (χ0) is 20.8. The molecule has 0 bridgehead atoms. The molecule has 4 rings (SSSR count). The Labute approximate surface area is 169 Å². The van der Waals surface area contributed by atoms with Crippen molar-refractivity contribution in [2.45, 2.75) is 32.1 Å². The van der Waals surface area contributed by atoms with Crippen LogP contribution in [-0.2, 0) is 16.4 Å². The number of benzene rings is 3. The number of fused-ring (bicyclic) bond motifs is 3. The maximum Gasteiger partial charge on any atom is 0.261 e. The molecule has 5 nitrogen and oxygen atoms in total. The predicted molar refractivity (Wildman–Crippen MR) is 115 cm³/mol. The van der Waals surface area contributed by atoms with E-state index in [1.807, 2.05) is 43.3 Å². The van der Waals surface area contributed by atoms with Crippen LogP contribution in [0.3, 0.4) is 0 Å². The van der Waals surface area contributed by atoms with E-state index >= 15 is 0 Å². The zero-order valence-electron chi connectivity index (χ0n) is 16.4. The lowest BCUT2D eigenvalue weighted by atomic mass is 10.0. The lowest BCUT2D eigenvalue weighted by molar-refractivity contribution is 0.101. The second-order valence-electron chi connectivity index (χ2n) is 7.04. The lowest BCUT2D eigenvalue weighted by Gasteiger charge is -2.12. The minimum atomic E-state index is -3.79. The normalized spacial score (nSPS) is 11.8. The summed E-state index contributed by atoms with van der Waals surface area (Å²) in [4.78, 5) is 12.3. The third-order valence-corrected chi connectivity index (χ3v) is 6.49. The third-order valence-electron chi connectivity index (χ3n) is 5.11. The number of Topliss-reactive ketones (excluding diaryl/α,β-unsaturated/α-hetero) is 1. The molecule has 1 heterocycles. The van der Waals surface area contributed by atoms with E-state index in [2.05, 4.69) is 4.72 Å². The topological polar surface area (TPSA) is 76.4 Å². The van der Waals surface area contributed by atoms with E-state index in [-0.39, 0.29) is 10.7 Å². The highest BCUT2D eigenvalue weighted by Gasteiger charge is 2.21. The largest absolute Gasteiger partial charge is 0.460 e. The number of nitrogens with one attached hydrogen (secondary N) is 1. The fourth-order valence-corrected chi connectivity index (χ4v) is 4.74. The van der Waals surface area contributed by atoms with Crippen LogP contribution in [-0.4, -0.2) is 14.2 Å². The van der Waals surface area contributed by atoms with Gasteiger partial charge in [0.1, 0.15) is 11.3 Å². The van der Waals surface area contributed by atoms with E-state index in [1.54, 1.807) is 25.1 Å². The average molecular weight is 407 g/mol. The molecule has 0 radical (unpaired) electrons. The molecule has 148 valence electrons. The molecule has 1 aromatic heterocycles. The molecule has 29 heavy (non-hydrogen) atoms. The quantitative estimate of drug-likeness (QED) is 0.446. The molecular formula is C23H21NO4S. The minimum absolute atomic E-state index is 0.125. The van der Waals surface area contributed by atoms with E-state index in [0.717, 1.165) is 17.4 Å². The van der Waals surface area contributed by atoms with Crippen molar-refractivity contribution in [1.29, 1.82) is 0 Å². The molecule has 6 heteroatoms. The number of sulfonamides is 1. The summed E-state index contributed by atoms with van der Waals surface area (Å²) in [7, 11) is -3.79. The molecule has 0 atom stereocenters. The molecule has 0 aliphatic heterocycles. The van der Waals surface area contributed by atoms with E-state index in [1.165, 1.54) is 6.92 Å². The van der Waals surface area contributed by atoms with E-state index < -0.39 is 10.0 Å². The van der Waals surface area contributed by atoms with Crippen LogP contribution in [0.25, 0.3) is 21.7 Å². The van der Waals surface area contributed by atoms with Crippen molar-refractivity contribution in [2.75, 3.05) is 4.72 Å². The fraction of sp³-hybridized carbons (Fsp3) is 0.174. The number of furan rings is 1. The summed E-state index contributed by atoms with van der Waals surface area (Å²) in [5.74, 6) is 0.397. The molecule has 0 aliphatic carbocycles. The summed E-state index contributed by atoms with van der Waals surface area (Å²) in [5.41, 5.74) is 2.53. The first-order chi connectivity index (χ1) is 13.8. The number of anilines is 1. The van der Waals surface area contributed by atoms with Crippen LogP contribution in [0.5, 0.6) is 0 Å². The molecule has 0 spiro atoms. The van der Waals surface area contributed by atoms with Gasteiger partial charge in [-0.05, 0) is 44.0 Å². The maximum atomic E-state index is 13.0. The number of ketones is 1. The molecule has 4 aromatic rings. The molecule has 0 unspecified atom stereocenters. The van der Waals surface area contributed by atoms with Crippen LogP contribution in [0.1, 0.15) is 35.5 Å². The first-order valence-corrected chi connectivity index (χ1v) is 10.9. The van der Waals surface area contributed by atoms with Crippen LogP contribution in [0.4, 0.5) is 5.69 Å². The lowest BCUT2D eigenvalue weighted by Crippen LogP contribution is -2.13. The van der Waals surface area contributed by atoms with Crippen LogP contribution >= 0.6 is 0 Å². The summed E-state index contributed by atoms with van der Waals surface area (Å²) >= 11 is 0. The Morgan fingerprint density at radius 1 is 1.00 bits per heavy atom. The number of hydrogen-bond donors (Lipinski definition) is 1. The van der Waals surface area contributed by atoms with Gasteiger partial charge in [0.2, 0.25) is 0 Å². The van der Waals surface area contributed by atoms with E-state index in [4.69, 9.17) is 4.42 Å². The van der Waals surface area contributed by atoms with Gasteiger partial charge in [-0.1, -0.05) is 43.3 Å². The molecular weight excluding hydrogens is 386 g/mol. The summed E-state index contributed by atoms with van der Waals surface area (Å²) in [6.45, 7) is 5.23. The molecule has 0 saturated carbocycles. The Morgan fingerprint density at radius 3 is 2.28 bits per heavy atom. The van der Waals surface area contributed by atoms with Crippen molar-refractivity contribution in [3.05, 3.63) is 71.5 Å². The monoisotopic (exact) mass is 407 g/mol. The fourth-order valence-electron chi connectivity index (χ4n) is 3.67. The standard InChI is InChI=1S/C23H21NO4S/c1-4-16-9-11-17(12-10-16)29(26,27)24-21-13-20-22(14(2)25)15(3)28-23(20)19-8-6-5-7-18(19)21/h5-13,24H,4H2,1-3H3. The van der Waals surface area contributed by atoms with Crippen molar-refractivity contribution >= 4 is 43.2 Å². The van der Waals surface area contributed by atoms with Gasteiger partial charge in [0, 0.05) is 16.2 Å². The van der Waals surface area contributed by atoms with Gasteiger partial charge >= 0.3 is 0 Å². The molecule has 3 aromatic carbocycles. The summed E-state index contributed by atoms with van der Waals surface area (Å²) in [6, 6.07) is 15.9. The first-order valence-electron chi connectivity index (χ1n) is 9.39. The van der Waals surface area contributed by atoms with Gasteiger partial charge in [0.05, 0.1) is 16.1 Å². The van der Waals surface area contributed by atoms with Crippen molar-refractivity contribution < 1.29 is 17.6 Å². The van der Waals surface area contributed by atoms with Gasteiger partial charge < -0.3 is 4.42 Å². The van der Waals surface area contributed by atoms with Gasteiger partial charge in [0.15, 0.2) is 5.78 Å². The Balaban J connectivity index is 1.92. The predicted octanol–water partition coefficient (Wildman–Crippen LogP) is 5.46. The molecule has 0 fully saturated rings. The molecule has 0 amide bonds. The minimum Gasteiger partial charge on any atom is -0.460 e. The van der Waals surface area contributed by atoms with Gasteiger partial charge in [0.25, 0.3) is 10.0 Å². The van der Waals surface area contributed by atoms with E-state index in [0.29, 0.717) is 33.4 Å². The second kappa shape index (κ2) is 7.04. The highest BCUT2D eigenvalue weighted by atomic mass is 32.2. The van der Waals surface area contributed by atoms with Crippen LogP contribution in [0.2, 0.25) is 0 Å². The Hall–Kier alpha value is -3.12. The molecule has 0 aliphatic rings. The van der Waals surface area contributed by atoms with Gasteiger partial charge in [-0.2, -0.15) is 0 Å². The SMILES string of the molecule is CCc1ccc(S(=O)(=O)Nc2cc3c(C(C)=O)c(C)oc3c3ccccc23)cc1. The zero-order valence-corrected chi connectivity index (χ0v) is 17.3. The van der Waals surface area contributed by atoms with E-state index in [9.17, 15) is 13.2 Å². The Morgan fingerprint density at radius 2 is 1.66 bits per heavy atom. The Bertz CT molecular complexity index is 1350. The first kappa shape index (κ1) is 19.2. The second-order valence-corrected chi connectivity index (χ2v) is 8.72. The summed E-state index contributed by atoms with van der Waals surface area (Å²) in [5, 5.41) is 2.06. The highest BCUT2D eigenvalue weighted by molar-refractivity contribution is 7.92. The van der Waals surface area contributed by atoms with Crippen molar-refractivity contribution in [3.8, 4) is 0 Å². The third kappa shape index (κ3) is 3.29. The number of carbonyl (C=O) groups is 1. The average Bonchev–Trinajstić information content (AvgIpc) is 3.04. The van der Waals surface area contributed by atoms with Crippen LogP contribution in [0.15, 0.2) is 63.9 Å². The summed E-state index contributed by atoms with van der Waals surface area (Å²) in [6.07, 6.45) is 0.836. The maximum absolute atomic E-state index is 13.0. The van der Waals surface area contributed by atoms with Crippen LogP contribution < -0.4 is 4.72 Å². The van der Waals surface area contributed by atoms with Crippen LogP contribution in [0, 0.1) is 6.92 Å². The molecule has 1 N–H and O–H groups in total. The molecule has 0 saturated heterocycles. The van der Waals surface area contributed by atoms with Gasteiger partial charge in [-0.15, -0.1) is 0 Å². The van der Waals surface area contributed by atoms with Crippen molar-refractivity contribution in [3.63, 3.8) is 0 Å². The number of rotatable bonds is 5. The van der Waals surface area contributed by atoms with Crippen molar-refractivity contribution in [1.82, 2.24) is 0 Å². The van der Waals surface area contributed by atoms with Crippen molar-refractivity contribution in [2.24, 2.45) is 0 Å². The van der Waals surface area contributed by atoms with Gasteiger partial charge in [-0.25, -0.2) is 8.42 Å². The number of hydrogen-bond acceptors (Lipinski definition) is 4. The number of carbonyl (C=O) groups excluding carboxylic acids is 1. The highest BCUT2D eigenvalue weighted by Crippen LogP contribution is 2.37.